The molecule has 1 atom stereocenters. The Hall–Kier alpha value is -1.24. The SMILES string of the molecule is Cn1ccnc1CC(NN)c1ccc(Br)c(F)c1. The van der Waals surface area contributed by atoms with Crippen molar-refractivity contribution in [2.45, 2.75) is 12.5 Å². The van der Waals surface area contributed by atoms with Gasteiger partial charge >= 0.3 is 0 Å². The normalized spacial score (nSPS) is 12.7. The van der Waals surface area contributed by atoms with E-state index in [0.29, 0.717) is 10.9 Å². The number of rotatable bonds is 4. The van der Waals surface area contributed by atoms with Gasteiger partial charge in [-0.05, 0) is 33.6 Å². The highest BCUT2D eigenvalue weighted by Gasteiger charge is 2.14. The first-order valence-corrected chi connectivity index (χ1v) is 6.28. The Labute approximate surface area is 113 Å². The number of hydrazine groups is 1. The Balaban J connectivity index is 2.23. The molecule has 0 amide bonds. The summed E-state index contributed by atoms with van der Waals surface area (Å²) in [4.78, 5) is 4.23. The van der Waals surface area contributed by atoms with E-state index in [1.54, 1.807) is 12.3 Å². The van der Waals surface area contributed by atoms with Crippen LogP contribution in [0.3, 0.4) is 0 Å². The molecule has 2 rings (SSSR count). The lowest BCUT2D eigenvalue weighted by atomic mass is 10.0. The van der Waals surface area contributed by atoms with Gasteiger partial charge in [0.15, 0.2) is 0 Å². The summed E-state index contributed by atoms with van der Waals surface area (Å²) in [5.41, 5.74) is 3.49. The van der Waals surface area contributed by atoms with Gasteiger partial charge in [-0.1, -0.05) is 6.07 Å². The molecule has 0 aliphatic rings. The molecule has 0 radical (unpaired) electrons. The molecule has 2 aromatic rings. The summed E-state index contributed by atoms with van der Waals surface area (Å²) in [5, 5.41) is 0. The molecule has 18 heavy (non-hydrogen) atoms. The van der Waals surface area contributed by atoms with E-state index in [1.807, 2.05) is 23.9 Å². The fraction of sp³-hybridized carbons (Fsp3) is 0.250. The molecule has 0 aliphatic heterocycles. The molecule has 4 nitrogen and oxygen atoms in total. The number of hydrogen-bond donors (Lipinski definition) is 2. The van der Waals surface area contributed by atoms with E-state index in [4.69, 9.17) is 5.84 Å². The Bertz CT molecular complexity index is 541. The lowest BCUT2D eigenvalue weighted by Gasteiger charge is -2.16. The number of imidazole rings is 1. The quantitative estimate of drug-likeness (QED) is 0.671. The molecule has 96 valence electrons. The Morgan fingerprint density at radius 1 is 1.56 bits per heavy atom. The highest BCUT2D eigenvalue weighted by molar-refractivity contribution is 9.10. The van der Waals surface area contributed by atoms with Crippen LogP contribution >= 0.6 is 15.9 Å². The maximum Gasteiger partial charge on any atom is 0.137 e. The van der Waals surface area contributed by atoms with Crippen LogP contribution in [-0.4, -0.2) is 9.55 Å². The zero-order chi connectivity index (χ0) is 13.1. The minimum Gasteiger partial charge on any atom is -0.338 e. The Morgan fingerprint density at radius 3 is 2.89 bits per heavy atom. The van der Waals surface area contributed by atoms with Gasteiger partial charge in [0.25, 0.3) is 0 Å². The first-order chi connectivity index (χ1) is 8.61. The number of hydrogen-bond acceptors (Lipinski definition) is 3. The number of benzene rings is 1. The minimum atomic E-state index is -0.299. The molecular formula is C12H14BrFN4. The average Bonchev–Trinajstić information content (AvgIpc) is 2.75. The lowest BCUT2D eigenvalue weighted by molar-refractivity contribution is 0.524. The van der Waals surface area contributed by atoms with Gasteiger partial charge in [-0.3, -0.25) is 11.3 Å². The second-order valence-electron chi connectivity index (χ2n) is 4.05. The van der Waals surface area contributed by atoms with Gasteiger partial charge in [0.2, 0.25) is 0 Å². The molecule has 0 bridgehead atoms. The van der Waals surface area contributed by atoms with Crippen LogP contribution in [0.5, 0.6) is 0 Å². The second kappa shape index (κ2) is 5.60. The number of aromatic nitrogens is 2. The van der Waals surface area contributed by atoms with Gasteiger partial charge in [-0.25, -0.2) is 9.37 Å². The summed E-state index contributed by atoms with van der Waals surface area (Å²) in [6, 6.07) is 4.81. The van der Waals surface area contributed by atoms with Crippen LogP contribution in [-0.2, 0) is 13.5 Å². The van der Waals surface area contributed by atoms with E-state index in [0.717, 1.165) is 11.4 Å². The van der Waals surface area contributed by atoms with Gasteiger partial charge in [0, 0.05) is 25.9 Å². The monoisotopic (exact) mass is 312 g/mol. The summed E-state index contributed by atoms with van der Waals surface area (Å²) in [5.74, 6) is 6.13. The molecule has 0 aliphatic carbocycles. The third-order valence-corrected chi connectivity index (χ3v) is 3.50. The largest absolute Gasteiger partial charge is 0.338 e. The predicted molar refractivity (Wildman–Crippen MR) is 71.1 cm³/mol. The van der Waals surface area contributed by atoms with Crippen molar-refractivity contribution in [2.24, 2.45) is 12.9 Å². The van der Waals surface area contributed by atoms with Crippen LogP contribution in [0.2, 0.25) is 0 Å². The fourth-order valence-electron chi connectivity index (χ4n) is 1.78. The molecule has 1 aromatic heterocycles. The Morgan fingerprint density at radius 2 is 2.33 bits per heavy atom. The van der Waals surface area contributed by atoms with Crippen molar-refractivity contribution in [3.63, 3.8) is 0 Å². The van der Waals surface area contributed by atoms with Gasteiger partial charge in [0.1, 0.15) is 11.6 Å². The molecule has 1 unspecified atom stereocenters. The zero-order valence-electron chi connectivity index (χ0n) is 9.90. The summed E-state index contributed by atoms with van der Waals surface area (Å²) in [7, 11) is 1.91. The zero-order valence-corrected chi connectivity index (χ0v) is 11.5. The van der Waals surface area contributed by atoms with Crippen LogP contribution in [0.1, 0.15) is 17.4 Å². The molecule has 0 spiro atoms. The molecule has 6 heteroatoms. The van der Waals surface area contributed by atoms with Gasteiger partial charge < -0.3 is 4.57 Å². The maximum atomic E-state index is 13.5. The van der Waals surface area contributed by atoms with Crippen molar-refractivity contribution in [2.75, 3.05) is 0 Å². The third kappa shape index (κ3) is 2.77. The van der Waals surface area contributed by atoms with Crippen LogP contribution in [0.15, 0.2) is 35.1 Å². The van der Waals surface area contributed by atoms with E-state index in [-0.39, 0.29) is 11.9 Å². The molecule has 1 heterocycles. The van der Waals surface area contributed by atoms with Crippen LogP contribution in [0, 0.1) is 5.82 Å². The van der Waals surface area contributed by atoms with Crippen molar-refractivity contribution >= 4 is 15.9 Å². The highest BCUT2D eigenvalue weighted by Crippen LogP contribution is 2.22. The van der Waals surface area contributed by atoms with Crippen molar-refractivity contribution in [3.8, 4) is 0 Å². The average molecular weight is 313 g/mol. The standard InChI is InChI=1S/C12H14BrFN4/c1-18-5-4-16-12(18)7-11(17-15)8-2-3-9(13)10(14)6-8/h2-6,11,17H,7,15H2,1H3. The highest BCUT2D eigenvalue weighted by atomic mass is 79.9. The summed E-state index contributed by atoms with van der Waals surface area (Å²) in [6.07, 6.45) is 4.19. The predicted octanol–water partition coefficient (Wildman–Crippen LogP) is 2.07. The topological polar surface area (TPSA) is 55.9 Å². The first-order valence-electron chi connectivity index (χ1n) is 5.49. The van der Waals surface area contributed by atoms with E-state index < -0.39 is 0 Å². The molecule has 1 aromatic carbocycles. The van der Waals surface area contributed by atoms with Gasteiger partial charge in [0.05, 0.1) is 10.5 Å². The first kappa shape index (κ1) is 13.2. The smallest absolute Gasteiger partial charge is 0.137 e. The molecule has 3 N–H and O–H groups in total. The van der Waals surface area contributed by atoms with Crippen LogP contribution in [0.25, 0.3) is 0 Å². The van der Waals surface area contributed by atoms with E-state index >= 15 is 0 Å². The second-order valence-corrected chi connectivity index (χ2v) is 4.91. The molecule has 0 saturated carbocycles. The van der Waals surface area contributed by atoms with Crippen LogP contribution < -0.4 is 11.3 Å². The lowest BCUT2D eigenvalue weighted by Crippen LogP contribution is -2.30. The van der Waals surface area contributed by atoms with Gasteiger partial charge in [-0.2, -0.15) is 0 Å². The van der Waals surface area contributed by atoms with Crippen LogP contribution in [0.4, 0.5) is 4.39 Å². The number of aryl methyl sites for hydroxylation is 1. The third-order valence-electron chi connectivity index (χ3n) is 2.85. The molecular weight excluding hydrogens is 299 g/mol. The minimum absolute atomic E-state index is 0.173. The van der Waals surface area contributed by atoms with E-state index in [9.17, 15) is 4.39 Å². The van der Waals surface area contributed by atoms with Crippen molar-refractivity contribution in [1.29, 1.82) is 0 Å². The number of nitrogens with zero attached hydrogens (tertiary/aromatic N) is 2. The number of nitrogens with two attached hydrogens (primary N) is 1. The van der Waals surface area contributed by atoms with Gasteiger partial charge in [-0.15, -0.1) is 0 Å². The maximum absolute atomic E-state index is 13.5. The summed E-state index contributed by atoms with van der Waals surface area (Å²) in [6.45, 7) is 0. The fourth-order valence-corrected chi connectivity index (χ4v) is 2.02. The van der Waals surface area contributed by atoms with Crippen molar-refractivity contribution in [1.82, 2.24) is 15.0 Å². The van der Waals surface area contributed by atoms with E-state index in [2.05, 4.69) is 26.3 Å². The number of halogens is 2. The van der Waals surface area contributed by atoms with E-state index in [1.165, 1.54) is 6.07 Å². The summed E-state index contributed by atoms with van der Waals surface area (Å²) < 4.78 is 15.9. The van der Waals surface area contributed by atoms with Crippen molar-refractivity contribution < 1.29 is 4.39 Å². The molecule has 0 fully saturated rings. The number of nitrogens with one attached hydrogen (secondary N) is 1. The Kier molecular flexibility index (Phi) is 4.11. The molecule has 0 saturated heterocycles. The summed E-state index contributed by atoms with van der Waals surface area (Å²) >= 11 is 3.13. The van der Waals surface area contributed by atoms with Crippen molar-refractivity contribution in [3.05, 3.63) is 52.3 Å².